The van der Waals surface area contributed by atoms with Gasteiger partial charge in [0.25, 0.3) is 0 Å². The molecule has 5 heteroatoms. The zero-order valence-corrected chi connectivity index (χ0v) is 7.29. The standard InChI is InChI=1S/C9H9FN2O2/c10-7-3-1-2-6(4-7)8-5-11-12-9(13)14-8/h1-4,8,11H,5H2,(H,12,13). The second kappa shape index (κ2) is 3.63. The van der Waals surface area contributed by atoms with Gasteiger partial charge in [0.05, 0.1) is 6.54 Å². The lowest BCUT2D eigenvalue weighted by atomic mass is 10.1. The Balaban J connectivity index is 2.17. The van der Waals surface area contributed by atoms with Crippen LogP contribution >= 0.6 is 0 Å². The van der Waals surface area contributed by atoms with E-state index in [-0.39, 0.29) is 5.82 Å². The number of halogens is 1. The van der Waals surface area contributed by atoms with Crippen LogP contribution in [0, 0.1) is 5.82 Å². The molecule has 1 aliphatic rings. The Morgan fingerprint density at radius 1 is 1.50 bits per heavy atom. The summed E-state index contributed by atoms with van der Waals surface area (Å²) in [7, 11) is 0. The van der Waals surface area contributed by atoms with Crippen LogP contribution in [0.25, 0.3) is 0 Å². The average molecular weight is 196 g/mol. The lowest BCUT2D eigenvalue weighted by Gasteiger charge is -2.24. The van der Waals surface area contributed by atoms with Crippen LogP contribution in [-0.4, -0.2) is 12.6 Å². The predicted octanol–water partition coefficient (Wildman–Crippen LogP) is 1.11. The minimum Gasteiger partial charge on any atom is -0.439 e. The molecule has 4 nitrogen and oxygen atoms in total. The lowest BCUT2D eigenvalue weighted by Crippen LogP contribution is -2.46. The number of amides is 1. The highest BCUT2D eigenvalue weighted by Crippen LogP contribution is 2.18. The van der Waals surface area contributed by atoms with Crippen molar-refractivity contribution in [3.05, 3.63) is 35.6 Å². The first-order valence-corrected chi connectivity index (χ1v) is 4.20. The van der Waals surface area contributed by atoms with Gasteiger partial charge in [0.2, 0.25) is 0 Å². The van der Waals surface area contributed by atoms with Gasteiger partial charge in [-0.15, -0.1) is 0 Å². The Morgan fingerprint density at radius 2 is 2.36 bits per heavy atom. The summed E-state index contributed by atoms with van der Waals surface area (Å²) in [6.45, 7) is 0.426. The Morgan fingerprint density at radius 3 is 3.07 bits per heavy atom. The molecule has 2 rings (SSSR count). The molecular weight excluding hydrogens is 187 g/mol. The molecule has 2 N–H and O–H groups in total. The number of nitrogens with one attached hydrogen (secondary N) is 2. The van der Waals surface area contributed by atoms with Crippen LogP contribution in [0.5, 0.6) is 0 Å². The van der Waals surface area contributed by atoms with Gasteiger partial charge in [-0.1, -0.05) is 12.1 Å². The van der Waals surface area contributed by atoms with Crippen molar-refractivity contribution in [3.63, 3.8) is 0 Å². The Hall–Kier alpha value is -1.62. The van der Waals surface area contributed by atoms with Crippen molar-refractivity contribution in [2.45, 2.75) is 6.10 Å². The molecule has 0 aliphatic carbocycles. The van der Waals surface area contributed by atoms with E-state index in [1.54, 1.807) is 12.1 Å². The fourth-order valence-electron chi connectivity index (χ4n) is 1.31. The van der Waals surface area contributed by atoms with E-state index >= 15 is 0 Å². The molecule has 1 aromatic rings. The molecule has 1 aromatic carbocycles. The van der Waals surface area contributed by atoms with Gasteiger partial charge in [-0.05, 0) is 17.7 Å². The number of carbonyl (C=O) groups is 1. The topological polar surface area (TPSA) is 50.4 Å². The van der Waals surface area contributed by atoms with Crippen LogP contribution in [0.3, 0.4) is 0 Å². The van der Waals surface area contributed by atoms with E-state index in [1.165, 1.54) is 12.1 Å². The van der Waals surface area contributed by atoms with Crippen LogP contribution in [0.4, 0.5) is 9.18 Å². The van der Waals surface area contributed by atoms with Gasteiger partial charge in [0.1, 0.15) is 11.9 Å². The second-order valence-corrected chi connectivity index (χ2v) is 2.95. The van der Waals surface area contributed by atoms with E-state index in [0.29, 0.717) is 12.1 Å². The quantitative estimate of drug-likeness (QED) is 0.707. The second-order valence-electron chi connectivity index (χ2n) is 2.95. The molecule has 1 aliphatic heterocycles. The Kier molecular flexibility index (Phi) is 2.32. The Labute approximate surface area is 80.0 Å². The third-order valence-electron chi connectivity index (χ3n) is 1.95. The summed E-state index contributed by atoms with van der Waals surface area (Å²) in [6, 6.07) is 6.00. The number of hydrazine groups is 1. The van der Waals surface area contributed by atoms with E-state index in [9.17, 15) is 9.18 Å². The monoisotopic (exact) mass is 196 g/mol. The van der Waals surface area contributed by atoms with Crippen LogP contribution in [0.2, 0.25) is 0 Å². The SMILES string of the molecule is O=C1NNCC(c2cccc(F)c2)O1. The summed E-state index contributed by atoms with van der Waals surface area (Å²) < 4.78 is 17.8. The zero-order chi connectivity index (χ0) is 9.97. The van der Waals surface area contributed by atoms with Crippen LogP contribution < -0.4 is 10.9 Å². The van der Waals surface area contributed by atoms with Crippen molar-refractivity contribution >= 4 is 6.09 Å². The van der Waals surface area contributed by atoms with Gasteiger partial charge in [-0.25, -0.2) is 14.6 Å². The van der Waals surface area contributed by atoms with Crippen molar-refractivity contribution in [2.24, 2.45) is 0 Å². The summed E-state index contributed by atoms with van der Waals surface area (Å²) >= 11 is 0. The van der Waals surface area contributed by atoms with Crippen LogP contribution in [0.1, 0.15) is 11.7 Å². The molecule has 1 unspecified atom stereocenters. The molecule has 14 heavy (non-hydrogen) atoms. The van der Waals surface area contributed by atoms with Crippen molar-refractivity contribution in [1.29, 1.82) is 0 Å². The number of carbonyl (C=O) groups excluding carboxylic acids is 1. The summed E-state index contributed by atoms with van der Waals surface area (Å²) in [5.41, 5.74) is 5.59. The van der Waals surface area contributed by atoms with Crippen LogP contribution in [-0.2, 0) is 4.74 Å². The molecule has 0 aromatic heterocycles. The van der Waals surface area contributed by atoms with Gasteiger partial charge < -0.3 is 4.74 Å². The molecule has 0 radical (unpaired) electrons. The summed E-state index contributed by atoms with van der Waals surface area (Å²) in [5, 5.41) is 0. The molecule has 0 bridgehead atoms. The van der Waals surface area contributed by atoms with Crippen molar-refractivity contribution in [1.82, 2.24) is 10.9 Å². The van der Waals surface area contributed by atoms with E-state index < -0.39 is 12.2 Å². The van der Waals surface area contributed by atoms with Gasteiger partial charge >= 0.3 is 6.09 Å². The smallest absolute Gasteiger partial charge is 0.422 e. The first kappa shape index (κ1) is 8.96. The molecular formula is C9H9FN2O2. The molecule has 0 saturated carbocycles. The molecule has 1 atom stereocenters. The maximum absolute atomic E-state index is 12.8. The highest BCUT2D eigenvalue weighted by molar-refractivity contribution is 5.67. The van der Waals surface area contributed by atoms with E-state index in [4.69, 9.17) is 4.74 Å². The highest BCUT2D eigenvalue weighted by Gasteiger charge is 2.21. The van der Waals surface area contributed by atoms with Crippen molar-refractivity contribution in [2.75, 3.05) is 6.54 Å². The average Bonchev–Trinajstić information content (AvgIpc) is 2.18. The highest BCUT2D eigenvalue weighted by atomic mass is 19.1. The zero-order valence-electron chi connectivity index (χ0n) is 7.29. The largest absolute Gasteiger partial charge is 0.439 e. The minimum absolute atomic E-state index is 0.336. The van der Waals surface area contributed by atoms with Crippen LogP contribution in [0.15, 0.2) is 24.3 Å². The molecule has 1 amide bonds. The molecule has 1 saturated heterocycles. The molecule has 1 heterocycles. The van der Waals surface area contributed by atoms with Gasteiger partial charge in [0, 0.05) is 0 Å². The summed E-state index contributed by atoms with van der Waals surface area (Å²) in [5.74, 6) is -0.336. The summed E-state index contributed by atoms with van der Waals surface area (Å²) in [4.78, 5) is 10.8. The first-order chi connectivity index (χ1) is 6.75. The fourth-order valence-corrected chi connectivity index (χ4v) is 1.31. The molecule has 74 valence electrons. The number of hydrogen-bond donors (Lipinski definition) is 2. The lowest BCUT2D eigenvalue weighted by molar-refractivity contribution is 0.0677. The third kappa shape index (κ3) is 1.82. The molecule has 1 fully saturated rings. The maximum Gasteiger partial charge on any atom is 0.422 e. The van der Waals surface area contributed by atoms with Gasteiger partial charge in [0.15, 0.2) is 0 Å². The minimum atomic E-state index is -0.550. The van der Waals surface area contributed by atoms with E-state index in [1.807, 2.05) is 0 Å². The summed E-state index contributed by atoms with van der Waals surface area (Å²) in [6.07, 6.45) is -0.982. The normalized spacial score (nSPS) is 21.2. The van der Waals surface area contributed by atoms with Gasteiger partial charge in [-0.2, -0.15) is 0 Å². The van der Waals surface area contributed by atoms with Crippen molar-refractivity contribution < 1.29 is 13.9 Å². The first-order valence-electron chi connectivity index (χ1n) is 4.20. The molecule has 0 spiro atoms. The number of ether oxygens (including phenoxy) is 1. The van der Waals surface area contributed by atoms with Gasteiger partial charge in [-0.3, -0.25) is 5.43 Å². The predicted molar refractivity (Wildman–Crippen MR) is 46.8 cm³/mol. The number of cyclic esters (lactones) is 1. The maximum atomic E-state index is 12.8. The third-order valence-corrected chi connectivity index (χ3v) is 1.95. The number of rotatable bonds is 1. The fraction of sp³-hybridized carbons (Fsp3) is 0.222. The van der Waals surface area contributed by atoms with E-state index in [0.717, 1.165) is 0 Å². The number of benzene rings is 1. The number of hydrogen-bond acceptors (Lipinski definition) is 3. The Bertz CT molecular complexity index is 356. The van der Waals surface area contributed by atoms with Crippen molar-refractivity contribution in [3.8, 4) is 0 Å². The van der Waals surface area contributed by atoms with E-state index in [2.05, 4.69) is 10.9 Å².